The molecule has 0 aliphatic carbocycles. The third kappa shape index (κ3) is 5.10. The van der Waals surface area contributed by atoms with Crippen LogP contribution >= 0.6 is 11.8 Å². The number of amides is 1. The minimum Gasteiger partial charge on any atom is -0.494 e. The lowest BCUT2D eigenvalue weighted by atomic mass is 10.0. The molecule has 2 aromatic carbocycles. The summed E-state index contributed by atoms with van der Waals surface area (Å²) >= 11 is 1.42. The first kappa shape index (κ1) is 24.3. The molecule has 0 spiro atoms. The van der Waals surface area contributed by atoms with E-state index in [1.54, 1.807) is 0 Å². The van der Waals surface area contributed by atoms with Crippen LogP contribution in [0.2, 0.25) is 0 Å². The van der Waals surface area contributed by atoms with Crippen LogP contribution in [0.5, 0.6) is 5.75 Å². The van der Waals surface area contributed by atoms with Gasteiger partial charge in [-0.15, -0.1) is 0 Å². The van der Waals surface area contributed by atoms with Gasteiger partial charge in [0.2, 0.25) is 0 Å². The van der Waals surface area contributed by atoms with E-state index in [1.165, 1.54) is 11.8 Å². The molecule has 1 saturated heterocycles. The van der Waals surface area contributed by atoms with Crippen molar-refractivity contribution in [3.05, 3.63) is 70.8 Å². The first-order valence-corrected chi connectivity index (χ1v) is 13.0. The molecule has 0 radical (unpaired) electrons. The van der Waals surface area contributed by atoms with Crippen molar-refractivity contribution in [2.24, 2.45) is 4.99 Å². The number of hydrogen-bond donors (Lipinski definition) is 0. The quantitative estimate of drug-likeness (QED) is 0.440. The molecule has 5 rings (SSSR count). The largest absolute Gasteiger partial charge is 0.494 e. The molecule has 0 unspecified atom stereocenters. The number of morpholine rings is 1. The summed E-state index contributed by atoms with van der Waals surface area (Å²) < 4.78 is 13.4. The molecule has 1 aromatic heterocycles. The lowest BCUT2D eigenvalue weighted by molar-refractivity contribution is -0.113. The zero-order valence-corrected chi connectivity index (χ0v) is 21.8. The highest BCUT2D eigenvalue weighted by molar-refractivity contribution is 8.18. The van der Waals surface area contributed by atoms with E-state index in [4.69, 9.17) is 14.6 Å². The average molecular weight is 503 g/mol. The molecule has 7 nitrogen and oxygen atoms in total. The zero-order valence-electron chi connectivity index (χ0n) is 21.0. The number of benzene rings is 2. The second-order valence-corrected chi connectivity index (χ2v) is 10.1. The fraction of sp³-hybridized carbons (Fsp3) is 0.321. The molecule has 3 aromatic rings. The number of rotatable bonds is 5. The summed E-state index contributed by atoms with van der Waals surface area (Å²) in [6.45, 7) is 10.2. The highest BCUT2D eigenvalue weighted by Crippen LogP contribution is 2.35. The van der Waals surface area contributed by atoms with Gasteiger partial charge in [-0.1, -0.05) is 18.2 Å². The van der Waals surface area contributed by atoms with Crippen LogP contribution < -0.4 is 4.74 Å². The maximum absolute atomic E-state index is 12.9. The number of thioether (sulfide) groups is 1. The predicted molar refractivity (Wildman–Crippen MR) is 144 cm³/mol. The summed E-state index contributed by atoms with van der Waals surface area (Å²) in [6, 6.07) is 16.0. The van der Waals surface area contributed by atoms with Crippen molar-refractivity contribution in [1.82, 2.24) is 14.7 Å². The third-order valence-electron chi connectivity index (χ3n) is 6.10. The number of ether oxygens (including phenoxy) is 2. The monoisotopic (exact) mass is 502 g/mol. The zero-order chi connectivity index (χ0) is 25.2. The van der Waals surface area contributed by atoms with Gasteiger partial charge in [0.1, 0.15) is 11.4 Å². The fourth-order valence-electron chi connectivity index (χ4n) is 4.55. The van der Waals surface area contributed by atoms with E-state index >= 15 is 0 Å². The van der Waals surface area contributed by atoms with Crippen molar-refractivity contribution in [3.63, 3.8) is 0 Å². The van der Waals surface area contributed by atoms with Crippen LogP contribution in [0, 0.1) is 6.92 Å². The van der Waals surface area contributed by atoms with E-state index in [0.29, 0.717) is 11.5 Å². The number of aromatic nitrogens is 2. The van der Waals surface area contributed by atoms with Gasteiger partial charge in [-0.25, -0.2) is 4.68 Å². The van der Waals surface area contributed by atoms with Gasteiger partial charge >= 0.3 is 0 Å². The fourth-order valence-corrected chi connectivity index (χ4v) is 5.48. The molecule has 1 fully saturated rings. The number of carbonyl (C=O) groups is 1. The summed E-state index contributed by atoms with van der Waals surface area (Å²) in [5, 5.41) is 5.65. The molecule has 3 heterocycles. The maximum Gasteiger partial charge on any atom is 0.286 e. The summed E-state index contributed by atoms with van der Waals surface area (Å²) in [5.41, 5.74) is 4.61. The van der Waals surface area contributed by atoms with Crippen molar-refractivity contribution < 1.29 is 14.3 Å². The predicted octanol–water partition coefficient (Wildman–Crippen LogP) is 5.33. The Morgan fingerprint density at radius 2 is 1.89 bits per heavy atom. The van der Waals surface area contributed by atoms with Crippen LogP contribution in [0.15, 0.2) is 64.6 Å². The Bertz CT molecular complexity index is 1320. The number of aliphatic imine (C=N–C) groups is 1. The molecule has 0 N–H and O–H groups in total. The lowest BCUT2D eigenvalue weighted by Gasteiger charge is -2.35. The van der Waals surface area contributed by atoms with Gasteiger partial charge in [-0.05, 0) is 81.4 Å². The summed E-state index contributed by atoms with van der Waals surface area (Å²) in [4.78, 5) is 20.0. The van der Waals surface area contributed by atoms with Crippen LogP contribution in [-0.4, -0.2) is 57.7 Å². The molecule has 186 valence electrons. The minimum absolute atomic E-state index is 0.0961. The molecule has 8 heteroatoms. The number of hydrogen-bond acceptors (Lipinski definition) is 6. The van der Waals surface area contributed by atoms with Crippen molar-refractivity contribution in [2.45, 2.75) is 39.9 Å². The Kier molecular flexibility index (Phi) is 6.98. The van der Waals surface area contributed by atoms with Crippen molar-refractivity contribution >= 4 is 28.9 Å². The van der Waals surface area contributed by atoms with E-state index in [2.05, 4.69) is 16.0 Å². The van der Waals surface area contributed by atoms with E-state index in [9.17, 15) is 4.79 Å². The SMILES string of the molecule is CCOc1ccc(-c2nn(-c3ccccc3)cc2/C=C2/SC(N3C[C@H](C)O[C@@H](C)C3)=NC2=O)cc1C. The van der Waals surface area contributed by atoms with Crippen molar-refractivity contribution in [1.29, 1.82) is 0 Å². The van der Waals surface area contributed by atoms with Crippen LogP contribution in [-0.2, 0) is 9.53 Å². The summed E-state index contributed by atoms with van der Waals surface area (Å²) in [5.74, 6) is 0.639. The van der Waals surface area contributed by atoms with Crippen LogP contribution in [0.1, 0.15) is 31.9 Å². The molecule has 1 amide bonds. The maximum atomic E-state index is 12.9. The summed E-state index contributed by atoms with van der Waals surface area (Å²) in [7, 11) is 0. The topological polar surface area (TPSA) is 68.9 Å². The standard InChI is InChI=1S/C28H30N4O3S/c1-5-34-24-12-11-21(13-18(24)2)26-22(17-32(30-26)23-9-7-6-8-10-23)14-25-27(33)29-28(36-25)31-15-19(3)35-20(4)16-31/h6-14,17,19-20H,5,15-16H2,1-4H3/b25-14+/t19-,20-/m0/s1. The van der Waals surface area contributed by atoms with E-state index in [1.807, 2.05) is 87.1 Å². The second-order valence-electron chi connectivity index (χ2n) is 9.10. The smallest absolute Gasteiger partial charge is 0.286 e. The molecule has 0 saturated carbocycles. The lowest BCUT2D eigenvalue weighted by Crippen LogP contribution is -2.47. The van der Waals surface area contributed by atoms with Gasteiger partial charge in [-0.2, -0.15) is 10.1 Å². The van der Waals surface area contributed by atoms with Crippen molar-refractivity contribution in [3.8, 4) is 22.7 Å². The average Bonchev–Trinajstić information content (AvgIpc) is 3.44. The number of amidine groups is 1. The highest BCUT2D eigenvalue weighted by atomic mass is 32.2. The van der Waals surface area contributed by atoms with Gasteiger partial charge in [0, 0.05) is 30.4 Å². The first-order valence-electron chi connectivity index (χ1n) is 12.2. The molecule has 2 aliphatic rings. The molecule has 36 heavy (non-hydrogen) atoms. The number of nitrogens with zero attached hydrogens (tertiary/aromatic N) is 4. The second kappa shape index (κ2) is 10.3. The minimum atomic E-state index is -0.219. The number of carbonyl (C=O) groups excluding carboxylic acids is 1. The van der Waals surface area contributed by atoms with Crippen LogP contribution in [0.4, 0.5) is 0 Å². The Hall–Kier alpha value is -3.36. The molecular weight excluding hydrogens is 472 g/mol. The van der Waals surface area contributed by atoms with E-state index in [0.717, 1.165) is 52.1 Å². The number of aryl methyl sites for hydroxylation is 1. The summed E-state index contributed by atoms with van der Waals surface area (Å²) in [6.07, 6.45) is 4.07. The third-order valence-corrected chi connectivity index (χ3v) is 7.14. The highest BCUT2D eigenvalue weighted by Gasteiger charge is 2.31. The Morgan fingerprint density at radius 1 is 1.14 bits per heavy atom. The Morgan fingerprint density at radius 3 is 2.58 bits per heavy atom. The first-order chi connectivity index (χ1) is 17.4. The van der Waals surface area contributed by atoms with Gasteiger partial charge < -0.3 is 14.4 Å². The Labute approximate surface area is 215 Å². The van der Waals surface area contributed by atoms with Gasteiger partial charge in [0.05, 0.1) is 29.4 Å². The van der Waals surface area contributed by atoms with Crippen LogP contribution in [0.25, 0.3) is 23.0 Å². The van der Waals surface area contributed by atoms with Gasteiger partial charge in [-0.3, -0.25) is 4.79 Å². The Balaban J connectivity index is 1.50. The molecule has 2 aliphatic heterocycles. The van der Waals surface area contributed by atoms with Gasteiger partial charge in [0.25, 0.3) is 5.91 Å². The number of para-hydroxylation sites is 1. The molecule has 0 bridgehead atoms. The molecule has 2 atom stereocenters. The van der Waals surface area contributed by atoms with Crippen LogP contribution in [0.3, 0.4) is 0 Å². The van der Waals surface area contributed by atoms with Gasteiger partial charge in [0.15, 0.2) is 5.17 Å². The van der Waals surface area contributed by atoms with E-state index in [-0.39, 0.29) is 18.1 Å². The van der Waals surface area contributed by atoms with E-state index < -0.39 is 0 Å². The molecular formula is C28H30N4O3S. The normalized spacial score (nSPS) is 21.2. The van der Waals surface area contributed by atoms with Crippen molar-refractivity contribution in [2.75, 3.05) is 19.7 Å².